The van der Waals surface area contributed by atoms with Crippen LogP contribution in [0.5, 0.6) is 0 Å². The number of hydrogen-bond donors (Lipinski definition) is 2. The number of allylic oxidation sites excluding steroid dienone is 1. The number of nitrogens with zero attached hydrogens (tertiary/aromatic N) is 3. The van der Waals surface area contributed by atoms with Gasteiger partial charge in [0.15, 0.2) is 0 Å². The number of carbonyl (C=O) groups excluding carboxylic acids is 4. The van der Waals surface area contributed by atoms with E-state index in [9.17, 15) is 19.2 Å². The predicted molar refractivity (Wildman–Crippen MR) is 234 cm³/mol. The number of H-pyrrole nitrogens is 1. The molecule has 1 aromatic carbocycles. The lowest BCUT2D eigenvalue weighted by molar-refractivity contribution is -0.145. The number of hydrogen-bond acceptors (Lipinski definition) is 9. The Hall–Kier alpha value is -4.58. The molecule has 1 saturated heterocycles. The van der Waals surface area contributed by atoms with Crippen LogP contribution in [-0.2, 0) is 35.7 Å². The summed E-state index contributed by atoms with van der Waals surface area (Å²) in [4.78, 5) is 70.0. The molecule has 2 N–H and O–H groups in total. The lowest BCUT2D eigenvalue weighted by Crippen LogP contribution is -2.51. The van der Waals surface area contributed by atoms with E-state index in [0.29, 0.717) is 6.54 Å². The molecule has 0 radical (unpaired) electrons. The second-order valence-electron chi connectivity index (χ2n) is 18.5. The van der Waals surface area contributed by atoms with Crippen molar-refractivity contribution in [3.05, 3.63) is 58.5 Å². The van der Waals surface area contributed by atoms with Gasteiger partial charge in [0.1, 0.15) is 17.6 Å². The number of aromatic amines is 1. The first-order chi connectivity index (χ1) is 28.9. The molecule has 11 nitrogen and oxygen atoms in total. The van der Waals surface area contributed by atoms with Gasteiger partial charge < -0.3 is 24.7 Å². The number of carbonyl (C=O) groups is 4. The van der Waals surface area contributed by atoms with E-state index >= 15 is 0 Å². The fraction of sp³-hybridized carbons (Fsp3) is 0.583. The number of nitrogens with one attached hydrogen (secondary N) is 2. The maximum Gasteiger partial charge on any atom is 0.407 e. The number of amides is 2. The van der Waals surface area contributed by atoms with Gasteiger partial charge in [0.25, 0.3) is 0 Å². The molecule has 12 heteroatoms. The van der Waals surface area contributed by atoms with Crippen LogP contribution < -0.4 is 5.32 Å². The Bertz CT molecular complexity index is 2180. The van der Waals surface area contributed by atoms with E-state index in [0.717, 1.165) is 67.7 Å². The standard InChI is InChI=1S/C48H61N5O6S/c1-27(2)35(24-39(54)58-5)42(55)33-12-9-11-32(33)36-23-31(25-49-36)43-34-18-21-48(19-7-8-20-48)40(34)44(60-43)30-16-14-29(15-17-30)37-26-50-45(51-37)38-13-10-22-53(38)46(56)41(28(3)4)52-47(57)59-6/h14-17,25-28,32-33,35,38,41H,7-13,18-24H2,1-6H3,(H,50,51)(H,52,57)/t32-,33?,35+,38+,41+/m1/s1. The SMILES string of the molecule is COC(=O)C[C@H](C(=O)C1CCC[C@H]1C1=NC=C(c2sc(-c3ccc(-c4cnc([C@@H]5CCCN5C(=O)[C@@H](NC(=O)OC)C(C)C)[nH]4)cc3)c3c2CCC32CCCC2)C1)C(C)C. The van der Waals surface area contributed by atoms with Gasteiger partial charge in [-0.05, 0) is 96.4 Å². The molecular formula is C48H61N5O6S. The van der Waals surface area contributed by atoms with Gasteiger partial charge in [0.2, 0.25) is 5.91 Å². The lowest BCUT2D eigenvalue weighted by Gasteiger charge is -2.30. The number of fused-ring (bicyclic) bond motifs is 2. The van der Waals surface area contributed by atoms with Crippen molar-refractivity contribution < 1.29 is 28.7 Å². The minimum atomic E-state index is -0.680. The van der Waals surface area contributed by atoms with Gasteiger partial charge in [-0.2, -0.15) is 0 Å². The topological polar surface area (TPSA) is 143 Å². The van der Waals surface area contributed by atoms with Gasteiger partial charge >= 0.3 is 12.1 Å². The number of alkyl carbamates (subject to hydrolysis) is 1. The highest BCUT2D eigenvalue weighted by Crippen LogP contribution is 2.58. The summed E-state index contributed by atoms with van der Waals surface area (Å²) in [6.45, 7) is 8.51. The number of likely N-dealkylation sites (tertiary alicyclic amines) is 1. The van der Waals surface area contributed by atoms with Crippen molar-refractivity contribution in [1.29, 1.82) is 0 Å². The van der Waals surface area contributed by atoms with Gasteiger partial charge in [-0.25, -0.2) is 9.78 Å². The van der Waals surface area contributed by atoms with Crippen molar-refractivity contribution in [3.8, 4) is 21.7 Å². The van der Waals surface area contributed by atoms with Gasteiger partial charge in [-0.3, -0.25) is 19.4 Å². The Kier molecular flexibility index (Phi) is 12.2. The van der Waals surface area contributed by atoms with Crippen LogP contribution in [0.1, 0.15) is 133 Å². The Labute approximate surface area is 358 Å². The third-order valence-electron chi connectivity index (χ3n) is 14.4. The summed E-state index contributed by atoms with van der Waals surface area (Å²) < 4.78 is 9.77. The molecule has 1 spiro atoms. The number of ether oxygens (including phenoxy) is 2. The molecule has 0 bridgehead atoms. The van der Waals surface area contributed by atoms with Gasteiger partial charge in [0.05, 0.1) is 38.6 Å². The fourth-order valence-corrected chi connectivity index (χ4v) is 12.6. The average molecular weight is 836 g/mol. The lowest BCUT2D eigenvalue weighted by atomic mass is 9.77. The Morgan fingerprint density at radius 2 is 1.67 bits per heavy atom. The molecule has 3 aliphatic carbocycles. The number of thiophene rings is 1. The third-order valence-corrected chi connectivity index (χ3v) is 15.7. The van der Waals surface area contributed by atoms with E-state index in [2.05, 4.69) is 40.8 Å². The normalized spacial score (nSPS) is 22.9. The second-order valence-corrected chi connectivity index (χ2v) is 19.6. The van der Waals surface area contributed by atoms with Crippen molar-refractivity contribution in [2.24, 2.45) is 34.6 Å². The molecule has 2 amide bonds. The highest BCUT2D eigenvalue weighted by atomic mass is 32.1. The Morgan fingerprint density at radius 1 is 0.917 bits per heavy atom. The van der Waals surface area contributed by atoms with Crippen LogP contribution in [0.2, 0.25) is 0 Å². The van der Waals surface area contributed by atoms with Crippen molar-refractivity contribution in [3.63, 3.8) is 0 Å². The van der Waals surface area contributed by atoms with E-state index in [1.54, 1.807) is 5.56 Å². The number of esters is 1. The minimum Gasteiger partial charge on any atom is -0.469 e. The number of methoxy groups -OCH3 is 2. The van der Waals surface area contributed by atoms with Crippen molar-refractivity contribution in [2.75, 3.05) is 20.8 Å². The summed E-state index contributed by atoms with van der Waals surface area (Å²) in [6, 6.07) is 7.99. The highest BCUT2D eigenvalue weighted by Gasteiger charge is 2.46. The smallest absolute Gasteiger partial charge is 0.407 e. The zero-order valence-corrected chi connectivity index (χ0v) is 36.9. The van der Waals surface area contributed by atoms with E-state index in [1.165, 1.54) is 72.8 Å². The van der Waals surface area contributed by atoms with Crippen molar-refractivity contribution in [2.45, 2.75) is 129 Å². The van der Waals surface area contributed by atoms with Crippen LogP contribution in [0.15, 0.2) is 41.7 Å². The molecule has 60 heavy (non-hydrogen) atoms. The molecular weight excluding hydrogens is 775 g/mol. The highest BCUT2D eigenvalue weighted by molar-refractivity contribution is 7.17. The number of imidazole rings is 1. The molecule has 320 valence electrons. The molecule has 4 heterocycles. The summed E-state index contributed by atoms with van der Waals surface area (Å²) in [5.41, 5.74) is 8.89. The average Bonchev–Trinajstić information content (AvgIpc) is 4.10. The van der Waals surface area contributed by atoms with Crippen LogP contribution in [0.3, 0.4) is 0 Å². The van der Waals surface area contributed by atoms with Gasteiger partial charge in [-0.15, -0.1) is 11.3 Å². The summed E-state index contributed by atoms with van der Waals surface area (Å²) in [6.07, 6.45) is 16.1. The second kappa shape index (κ2) is 17.4. The number of Topliss-reactive ketones (excluding diaryl/α,β-unsaturated/α-hetero) is 1. The number of ketones is 1. The van der Waals surface area contributed by atoms with E-state index in [1.807, 2.05) is 50.1 Å². The molecule has 3 fully saturated rings. The molecule has 2 saturated carbocycles. The van der Waals surface area contributed by atoms with E-state index < -0.39 is 12.1 Å². The van der Waals surface area contributed by atoms with Crippen LogP contribution >= 0.6 is 11.3 Å². The molecule has 3 aromatic rings. The number of aromatic nitrogens is 2. The summed E-state index contributed by atoms with van der Waals surface area (Å²) in [5.74, 6) is 0.170. The summed E-state index contributed by atoms with van der Waals surface area (Å²) >= 11 is 1.93. The summed E-state index contributed by atoms with van der Waals surface area (Å²) in [5, 5.41) is 2.73. The monoisotopic (exact) mass is 835 g/mol. The number of aliphatic imine (C=N–C) groups is 1. The quantitative estimate of drug-likeness (QED) is 0.163. The van der Waals surface area contributed by atoms with Crippen LogP contribution in [0.4, 0.5) is 4.79 Å². The first-order valence-electron chi connectivity index (χ1n) is 22.3. The van der Waals surface area contributed by atoms with E-state index in [-0.39, 0.29) is 65.1 Å². The minimum absolute atomic E-state index is 0.0696. The largest absolute Gasteiger partial charge is 0.469 e. The van der Waals surface area contributed by atoms with Crippen molar-refractivity contribution >= 4 is 46.4 Å². The fourth-order valence-electron chi connectivity index (χ4n) is 11.1. The third kappa shape index (κ3) is 7.89. The number of rotatable bonds is 13. The van der Waals surface area contributed by atoms with Crippen LogP contribution in [0, 0.1) is 29.6 Å². The summed E-state index contributed by atoms with van der Waals surface area (Å²) in [7, 11) is 2.70. The maximum absolute atomic E-state index is 14.0. The van der Waals surface area contributed by atoms with Gasteiger partial charge in [-0.1, -0.05) is 71.2 Å². The van der Waals surface area contributed by atoms with Crippen LogP contribution in [0.25, 0.3) is 27.3 Å². The molecule has 2 aromatic heterocycles. The van der Waals surface area contributed by atoms with Gasteiger partial charge in [0, 0.05) is 52.4 Å². The van der Waals surface area contributed by atoms with Crippen molar-refractivity contribution in [1.82, 2.24) is 20.2 Å². The van der Waals surface area contributed by atoms with Crippen LogP contribution in [-0.4, -0.2) is 71.1 Å². The maximum atomic E-state index is 14.0. The zero-order valence-electron chi connectivity index (χ0n) is 36.1. The first-order valence-corrected chi connectivity index (χ1v) is 23.1. The first kappa shape index (κ1) is 42.1. The molecule has 5 aliphatic rings. The molecule has 5 atom stereocenters. The Morgan fingerprint density at radius 3 is 2.37 bits per heavy atom. The predicted octanol–water partition coefficient (Wildman–Crippen LogP) is 9.61. The molecule has 1 unspecified atom stereocenters. The Balaban J connectivity index is 1.01. The number of benzene rings is 1. The molecule has 2 aliphatic heterocycles. The molecule has 8 rings (SSSR count). The van der Waals surface area contributed by atoms with E-state index in [4.69, 9.17) is 19.5 Å². The zero-order chi connectivity index (χ0) is 42.3.